The van der Waals surface area contributed by atoms with Gasteiger partial charge in [-0.15, -0.1) is 0 Å². The van der Waals surface area contributed by atoms with Crippen LogP contribution >= 0.6 is 0 Å². The van der Waals surface area contributed by atoms with Crippen LogP contribution in [0.5, 0.6) is 0 Å². The van der Waals surface area contributed by atoms with E-state index in [2.05, 4.69) is 4.79 Å². The minimum Gasteiger partial charge on any atom is -0.502 e. The van der Waals surface area contributed by atoms with Gasteiger partial charge in [0.25, 0.3) is 0 Å². The molecule has 0 aromatic heterocycles. The average Bonchev–Trinajstić information content (AvgIpc) is 2.15. The molecule has 10 heteroatoms. The smallest absolute Gasteiger partial charge is 0.412 e. The molecule has 0 bridgehead atoms. The predicted octanol–water partition coefficient (Wildman–Crippen LogP) is 0.216. The van der Waals surface area contributed by atoms with Crippen molar-refractivity contribution in [2.45, 2.75) is 6.04 Å². The molecule has 16 heavy (non-hydrogen) atoms. The summed E-state index contributed by atoms with van der Waals surface area (Å²) in [5.41, 5.74) is 5.96. The normalized spacial score (nSPS) is 20.2. The molecule has 9 nitrogen and oxygen atoms in total. The van der Waals surface area contributed by atoms with Crippen LogP contribution in [0.3, 0.4) is 0 Å². The van der Waals surface area contributed by atoms with Gasteiger partial charge < -0.3 is 10.6 Å². The van der Waals surface area contributed by atoms with Gasteiger partial charge >= 0.3 is 17.5 Å². The number of aliphatic hydroxyl groups is 1. The maximum Gasteiger partial charge on any atom is 0.412 e. The molecule has 0 aliphatic heterocycles. The second-order valence-corrected chi connectivity index (χ2v) is 2.69. The Balaban J connectivity index is 3.51. The highest BCUT2D eigenvalue weighted by atomic mass is 19.1. The first-order chi connectivity index (χ1) is 7.40. The Morgan fingerprint density at radius 2 is 2.06 bits per heavy atom. The second kappa shape index (κ2) is 3.87. The van der Waals surface area contributed by atoms with Crippen LogP contribution in [0.2, 0.25) is 0 Å². The van der Waals surface area contributed by atoms with Crippen LogP contribution in [0.4, 0.5) is 4.39 Å². The van der Waals surface area contributed by atoms with E-state index in [0.717, 1.165) is 0 Å². The van der Waals surface area contributed by atoms with Crippen molar-refractivity contribution < 1.29 is 24.1 Å². The Morgan fingerprint density at radius 1 is 1.50 bits per heavy atom. The van der Waals surface area contributed by atoms with Crippen molar-refractivity contribution in [2.24, 2.45) is 0 Å². The first-order valence-corrected chi connectivity index (χ1v) is 3.70. The van der Waals surface area contributed by atoms with Gasteiger partial charge in [-0.2, -0.15) is 9.18 Å². The lowest BCUT2D eigenvalue weighted by molar-refractivity contribution is -0.542. The van der Waals surface area contributed by atoms with Crippen molar-refractivity contribution in [2.75, 3.05) is 0 Å². The van der Waals surface area contributed by atoms with Gasteiger partial charge in [0.1, 0.15) is 0 Å². The van der Waals surface area contributed by atoms with Gasteiger partial charge in [-0.3, -0.25) is 20.2 Å². The van der Waals surface area contributed by atoms with Gasteiger partial charge in [0.2, 0.25) is 11.6 Å². The fourth-order valence-corrected chi connectivity index (χ4v) is 1.16. The first-order valence-electron chi connectivity index (χ1n) is 3.70. The zero-order chi connectivity index (χ0) is 12.5. The van der Waals surface area contributed by atoms with E-state index in [1.165, 1.54) is 0 Å². The quantitative estimate of drug-likeness (QED) is 0.312. The molecule has 1 aliphatic rings. The van der Waals surface area contributed by atoms with Crippen LogP contribution in [-0.4, -0.2) is 31.5 Å². The minimum atomic E-state index is -2.34. The van der Waals surface area contributed by atoms with E-state index >= 15 is 0 Å². The van der Waals surface area contributed by atoms with Gasteiger partial charge in [-0.25, -0.2) is 0 Å². The number of nitro groups is 2. The van der Waals surface area contributed by atoms with Gasteiger partial charge in [0, 0.05) is 11.0 Å². The number of rotatable bonds is 2. The third-order valence-corrected chi connectivity index (χ3v) is 1.80. The molecule has 1 unspecified atom stereocenters. The van der Waals surface area contributed by atoms with Crippen LogP contribution < -0.4 is 0 Å². The Bertz CT molecular complexity index is 489. The fraction of sp³-hybridized carbons (Fsp3) is 0.167. The van der Waals surface area contributed by atoms with E-state index in [9.17, 15) is 24.6 Å². The van der Waals surface area contributed by atoms with Crippen molar-refractivity contribution in [3.63, 3.8) is 0 Å². The summed E-state index contributed by atoms with van der Waals surface area (Å²) in [5, 5.41) is 30.0. The van der Waals surface area contributed by atoms with Crippen molar-refractivity contribution in [3.05, 3.63) is 49.1 Å². The van der Waals surface area contributed by atoms with E-state index < -0.39 is 38.9 Å². The number of aliphatic hydroxyl groups excluding tert-OH is 1. The highest BCUT2D eigenvalue weighted by Gasteiger charge is 2.53. The molecule has 0 spiro atoms. The number of hydrogen-bond acceptors (Lipinski definition) is 5. The fourth-order valence-electron chi connectivity index (χ4n) is 1.16. The molecule has 0 saturated heterocycles. The van der Waals surface area contributed by atoms with E-state index in [4.69, 9.17) is 10.6 Å². The van der Waals surface area contributed by atoms with Crippen LogP contribution in [0.15, 0.2) is 23.4 Å². The summed E-state index contributed by atoms with van der Waals surface area (Å²) >= 11 is 0. The average molecular weight is 230 g/mol. The van der Waals surface area contributed by atoms with Crippen molar-refractivity contribution >= 4 is 5.71 Å². The molecule has 1 rings (SSSR count). The molecule has 1 aliphatic carbocycles. The largest absolute Gasteiger partial charge is 0.502 e. The third kappa shape index (κ3) is 1.64. The van der Waals surface area contributed by atoms with Crippen LogP contribution in [0.1, 0.15) is 0 Å². The molecule has 0 radical (unpaired) electrons. The summed E-state index contributed by atoms with van der Waals surface area (Å²) < 4.78 is 13.0. The molecule has 0 aromatic rings. The van der Waals surface area contributed by atoms with E-state index in [0.29, 0.717) is 0 Å². The van der Waals surface area contributed by atoms with Gasteiger partial charge in [-0.05, 0) is 0 Å². The van der Waals surface area contributed by atoms with Crippen molar-refractivity contribution in [1.29, 1.82) is 0 Å². The maximum atomic E-state index is 13.0. The lowest BCUT2D eigenvalue weighted by atomic mass is 10.0. The molecule has 0 aromatic carbocycles. The lowest BCUT2D eigenvalue weighted by Crippen LogP contribution is -2.38. The molecule has 0 amide bonds. The second-order valence-electron chi connectivity index (χ2n) is 2.69. The summed E-state index contributed by atoms with van der Waals surface area (Å²) in [6.45, 7) is 0. The number of allylic oxidation sites excluding steroid dienone is 1. The van der Waals surface area contributed by atoms with Crippen LogP contribution in [0.25, 0.3) is 5.53 Å². The lowest BCUT2D eigenvalue weighted by Gasteiger charge is -2.07. The Labute approximate surface area is 86.0 Å². The molecule has 0 fully saturated rings. The molecular weight excluding hydrogens is 227 g/mol. The van der Waals surface area contributed by atoms with Gasteiger partial charge in [0.15, 0.2) is 0 Å². The predicted molar refractivity (Wildman–Crippen MR) is 45.2 cm³/mol. The number of nitrogens with zero attached hydrogens (tertiary/aromatic N) is 4. The van der Waals surface area contributed by atoms with Gasteiger partial charge in [-0.1, -0.05) is 0 Å². The maximum absolute atomic E-state index is 13.0. The summed E-state index contributed by atoms with van der Waals surface area (Å²) in [4.78, 5) is 20.7. The number of hydrogen-bond donors (Lipinski definition) is 1. The Morgan fingerprint density at radius 3 is 2.44 bits per heavy atom. The highest BCUT2D eigenvalue weighted by Crippen LogP contribution is 2.23. The van der Waals surface area contributed by atoms with Crippen LogP contribution in [-0.2, 0) is 0 Å². The van der Waals surface area contributed by atoms with Gasteiger partial charge in [0.05, 0.1) is 4.92 Å². The SMILES string of the molecule is [N-]=[N+]=C1C(F)=CC(O)=C([N+](=O)[O-])C1[N+](=O)[O-]. The molecular formula is C6H3FN4O5. The standard InChI is InChI=1S/C6H3FN4O5/c7-2-1-3(12)5(10(13)14)6(11(15)16)4(2)9-8/h1,6,12H. The van der Waals surface area contributed by atoms with E-state index in [1.807, 2.05) is 0 Å². The van der Waals surface area contributed by atoms with Crippen LogP contribution in [0, 0.1) is 20.2 Å². The zero-order valence-electron chi connectivity index (χ0n) is 7.40. The molecule has 1 atom stereocenters. The number of halogens is 1. The summed E-state index contributed by atoms with van der Waals surface area (Å²) in [5.74, 6) is -2.59. The Kier molecular flexibility index (Phi) is 2.77. The first kappa shape index (κ1) is 11.5. The molecule has 84 valence electrons. The topological polar surface area (TPSA) is 143 Å². The highest BCUT2D eigenvalue weighted by molar-refractivity contribution is 6.00. The Hall–Kier alpha value is -2.61. The van der Waals surface area contributed by atoms with Crippen molar-refractivity contribution in [1.82, 2.24) is 0 Å². The van der Waals surface area contributed by atoms with E-state index in [1.54, 1.807) is 0 Å². The molecule has 0 heterocycles. The monoisotopic (exact) mass is 230 g/mol. The zero-order valence-corrected chi connectivity index (χ0v) is 7.40. The summed E-state index contributed by atoms with van der Waals surface area (Å²) in [7, 11) is 0. The summed E-state index contributed by atoms with van der Waals surface area (Å²) in [6.07, 6.45) is 0.271. The molecule has 1 N–H and O–H groups in total. The third-order valence-electron chi connectivity index (χ3n) is 1.80. The summed E-state index contributed by atoms with van der Waals surface area (Å²) in [6, 6.07) is -2.34. The minimum absolute atomic E-state index is 0.271. The molecule has 0 saturated carbocycles. The van der Waals surface area contributed by atoms with E-state index in [-0.39, 0.29) is 6.08 Å². The van der Waals surface area contributed by atoms with Crippen molar-refractivity contribution in [3.8, 4) is 0 Å².